The summed E-state index contributed by atoms with van der Waals surface area (Å²) in [6.07, 6.45) is 6.26. The second-order valence-corrected chi connectivity index (χ2v) is 5.93. The van der Waals surface area contributed by atoms with E-state index in [4.69, 9.17) is 10.7 Å². The number of aryl methyl sites for hydroxylation is 1. The molecule has 1 aliphatic rings. The summed E-state index contributed by atoms with van der Waals surface area (Å²) in [4.78, 5) is 4.78. The molecule has 1 aliphatic carbocycles. The Morgan fingerprint density at radius 3 is 2.95 bits per heavy atom. The van der Waals surface area contributed by atoms with Gasteiger partial charge in [0, 0.05) is 18.2 Å². The highest BCUT2D eigenvalue weighted by atomic mass is 15.1. The molecular formula is C16H23N3. The van der Waals surface area contributed by atoms with Gasteiger partial charge in [-0.25, -0.2) is 4.98 Å². The Morgan fingerprint density at radius 2 is 2.21 bits per heavy atom. The predicted molar refractivity (Wildman–Crippen MR) is 80.2 cm³/mol. The molecule has 1 saturated carbocycles. The van der Waals surface area contributed by atoms with Gasteiger partial charge >= 0.3 is 0 Å². The number of nitrogen functional groups attached to an aromatic ring is 1. The van der Waals surface area contributed by atoms with Crippen LogP contribution >= 0.6 is 0 Å². The first kappa shape index (κ1) is 12.5. The van der Waals surface area contributed by atoms with Crippen LogP contribution in [0.25, 0.3) is 11.0 Å². The molecule has 2 aromatic rings. The molecule has 0 radical (unpaired) electrons. The van der Waals surface area contributed by atoms with Crippen LogP contribution in [0.15, 0.2) is 18.2 Å². The van der Waals surface area contributed by atoms with Crippen molar-refractivity contribution < 1.29 is 0 Å². The fourth-order valence-electron chi connectivity index (χ4n) is 3.46. The molecule has 102 valence electrons. The first-order valence-electron chi connectivity index (χ1n) is 7.45. The van der Waals surface area contributed by atoms with Crippen LogP contribution in [-0.4, -0.2) is 9.55 Å². The van der Waals surface area contributed by atoms with Crippen molar-refractivity contribution in [1.29, 1.82) is 0 Å². The van der Waals surface area contributed by atoms with Crippen molar-refractivity contribution >= 4 is 16.7 Å². The van der Waals surface area contributed by atoms with Crippen LogP contribution in [0.4, 0.5) is 5.69 Å². The van der Waals surface area contributed by atoms with Gasteiger partial charge in [-0.2, -0.15) is 0 Å². The molecule has 1 aromatic heterocycles. The van der Waals surface area contributed by atoms with E-state index in [-0.39, 0.29) is 0 Å². The molecule has 19 heavy (non-hydrogen) atoms. The summed E-state index contributed by atoms with van der Waals surface area (Å²) in [7, 11) is 0. The fraction of sp³-hybridized carbons (Fsp3) is 0.562. The van der Waals surface area contributed by atoms with Gasteiger partial charge < -0.3 is 10.3 Å². The van der Waals surface area contributed by atoms with Crippen molar-refractivity contribution in [1.82, 2.24) is 9.55 Å². The van der Waals surface area contributed by atoms with E-state index in [0.29, 0.717) is 6.04 Å². The second kappa shape index (κ2) is 4.87. The van der Waals surface area contributed by atoms with Gasteiger partial charge in [-0.05, 0) is 37.0 Å². The number of hydrogen-bond acceptors (Lipinski definition) is 2. The quantitative estimate of drug-likeness (QED) is 0.828. The van der Waals surface area contributed by atoms with Crippen molar-refractivity contribution in [2.24, 2.45) is 5.92 Å². The monoisotopic (exact) mass is 257 g/mol. The first-order valence-corrected chi connectivity index (χ1v) is 7.45. The summed E-state index contributed by atoms with van der Waals surface area (Å²) < 4.78 is 2.48. The van der Waals surface area contributed by atoms with Crippen LogP contribution in [0, 0.1) is 5.92 Å². The van der Waals surface area contributed by atoms with Gasteiger partial charge in [-0.3, -0.25) is 0 Å². The summed E-state index contributed by atoms with van der Waals surface area (Å²) in [5, 5.41) is 0. The zero-order chi connectivity index (χ0) is 13.4. The Morgan fingerprint density at radius 1 is 1.37 bits per heavy atom. The van der Waals surface area contributed by atoms with Crippen LogP contribution in [0.1, 0.15) is 51.4 Å². The van der Waals surface area contributed by atoms with Gasteiger partial charge in [0.1, 0.15) is 5.82 Å². The molecule has 0 aliphatic heterocycles. The highest BCUT2D eigenvalue weighted by molar-refractivity contribution is 5.79. The predicted octanol–water partition coefficient (Wildman–Crippen LogP) is 3.93. The highest BCUT2D eigenvalue weighted by Gasteiger charge is 2.23. The number of aromatic nitrogens is 2. The van der Waals surface area contributed by atoms with Crippen LogP contribution in [0.2, 0.25) is 0 Å². The molecule has 3 rings (SSSR count). The van der Waals surface area contributed by atoms with E-state index in [1.165, 1.54) is 37.0 Å². The normalized spacial score (nSPS) is 23.9. The Labute approximate surface area is 114 Å². The molecule has 2 atom stereocenters. The van der Waals surface area contributed by atoms with Crippen molar-refractivity contribution in [3.05, 3.63) is 24.0 Å². The Bertz CT molecular complexity index is 585. The lowest BCUT2D eigenvalue weighted by Crippen LogP contribution is -2.19. The Hall–Kier alpha value is -1.51. The maximum atomic E-state index is 5.88. The average Bonchev–Trinajstić information content (AvgIpc) is 2.76. The number of fused-ring (bicyclic) bond motifs is 1. The molecule has 1 fully saturated rings. The number of anilines is 1. The topological polar surface area (TPSA) is 43.8 Å². The van der Waals surface area contributed by atoms with E-state index in [1.807, 2.05) is 12.1 Å². The van der Waals surface area contributed by atoms with E-state index < -0.39 is 0 Å². The third-order valence-corrected chi connectivity index (χ3v) is 4.38. The third kappa shape index (κ3) is 2.22. The molecule has 0 spiro atoms. The summed E-state index contributed by atoms with van der Waals surface area (Å²) in [6, 6.07) is 6.74. The fourth-order valence-corrected chi connectivity index (χ4v) is 3.46. The maximum Gasteiger partial charge on any atom is 0.109 e. The van der Waals surface area contributed by atoms with E-state index in [9.17, 15) is 0 Å². The Balaban J connectivity index is 2.10. The lowest BCUT2D eigenvalue weighted by atomic mass is 9.87. The summed E-state index contributed by atoms with van der Waals surface area (Å²) in [5.74, 6) is 2.04. The lowest BCUT2D eigenvalue weighted by Gasteiger charge is -2.29. The van der Waals surface area contributed by atoms with Gasteiger partial charge in [0.15, 0.2) is 0 Å². The minimum atomic E-state index is 0.618. The maximum absolute atomic E-state index is 5.88. The van der Waals surface area contributed by atoms with Gasteiger partial charge in [0.2, 0.25) is 0 Å². The molecule has 1 heterocycles. The minimum Gasteiger partial charge on any atom is -0.399 e. The largest absolute Gasteiger partial charge is 0.399 e. The molecular weight excluding hydrogens is 234 g/mol. The first-order chi connectivity index (χ1) is 9.19. The van der Waals surface area contributed by atoms with Crippen LogP contribution < -0.4 is 5.73 Å². The summed E-state index contributed by atoms with van der Waals surface area (Å²) in [6.45, 7) is 4.56. The molecule has 3 heteroatoms. The van der Waals surface area contributed by atoms with E-state index in [2.05, 4.69) is 24.5 Å². The SMILES string of the molecule is CCc1nc2cc(N)ccc2n1C1CCCC(C)C1. The van der Waals surface area contributed by atoms with E-state index in [1.54, 1.807) is 0 Å². The van der Waals surface area contributed by atoms with E-state index >= 15 is 0 Å². The van der Waals surface area contributed by atoms with Crippen molar-refractivity contribution in [3.8, 4) is 0 Å². The van der Waals surface area contributed by atoms with Crippen molar-refractivity contribution in [2.75, 3.05) is 5.73 Å². The molecule has 0 bridgehead atoms. The molecule has 3 nitrogen and oxygen atoms in total. The number of rotatable bonds is 2. The molecule has 0 amide bonds. The minimum absolute atomic E-state index is 0.618. The summed E-state index contributed by atoms with van der Waals surface area (Å²) >= 11 is 0. The Kier molecular flexibility index (Phi) is 3.21. The number of imidazole rings is 1. The lowest BCUT2D eigenvalue weighted by molar-refractivity contribution is 0.282. The van der Waals surface area contributed by atoms with Crippen molar-refractivity contribution in [3.63, 3.8) is 0 Å². The van der Waals surface area contributed by atoms with E-state index in [0.717, 1.165) is 23.5 Å². The molecule has 0 saturated heterocycles. The van der Waals surface area contributed by atoms with Gasteiger partial charge in [-0.1, -0.05) is 26.7 Å². The summed E-state index contributed by atoms with van der Waals surface area (Å²) in [5.41, 5.74) is 8.98. The number of hydrogen-bond donors (Lipinski definition) is 1. The second-order valence-electron chi connectivity index (χ2n) is 5.93. The van der Waals surface area contributed by atoms with Crippen molar-refractivity contribution in [2.45, 2.75) is 52.0 Å². The molecule has 1 aromatic carbocycles. The van der Waals surface area contributed by atoms with Gasteiger partial charge in [0.25, 0.3) is 0 Å². The molecule has 2 N–H and O–H groups in total. The van der Waals surface area contributed by atoms with Crippen LogP contribution in [0.3, 0.4) is 0 Å². The number of benzene rings is 1. The van der Waals surface area contributed by atoms with Gasteiger partial charge in [-0.15, -0.1) is 0 Å². The number of nitrogens with zero attached hydrogens (tertiary/aromatic N) is 2. The van der Waals surface area contributed by atoms with Crippen LogP contribution in [0.5, 0.6) is 0 Å². The zero-order valence-corrected chi connectivity index (χ0v) is 11.9. The molecule has 2 unspecified atom stereocenters. The van der Waals surface area contributed by atoms with Crippen LogP contribution in [-0.2, 0) is 6.42 Å². The highest BCUT2D eigenvalue weighted by Crippen LogP contribution is 2.35. The average molecular weight is 257 g/mol. The standard InChI is InChI=1S/C16H23N3/c1-3-16-18-14-10-12(17)7-8-15(14)19(16)13-6-4-5-11(2)9-13/h7-8,10-11,13H,3-6,9,17H2,1-2H3. The smallest absolute Gasteiger partial charge is 0.109 e. The third-order valence-electron chi connectivity index (χ3n) is 4.38. The number of nitrogens with two attached hydrogens (primary N) is 1. The zero-order valence-electron chi connectivity index (χ0n) is 11.9. The van der Waals surface area contributed by atoms with Gasteiger partial charge in [0.05, 0.1) is 11.0 Å².